The summed E-state index contributed by atoms with van der Waals surface area (Å²) >= 11 is 3.43. The van der Waals surface area contributed by atoms with Crippen molar-refractivity contribution in [2.24, 2.45) is 5.92 Å². The number of hydrogen-bond donors (Lipinski definition) is 1. The highest BCUT2D eigenvalue weighted by molar-refractivity contribution is 9.10. The van der Waals surface area contributed by atoms with E-state index in [0.717, 1.165) is 22.6 Å². The van der Waals surface area contributed by atoms with Gasteiger partial charge in [-0.2, -0.15) is 0 Å². The Bertz CT molecular complexity index is 302. The molecule has 2 nitrogen and oxygen atoms in total. The summed E-state index contributed by atoms with van der Waals surface area (Å²) in [6.07, 6.45) is 8.86. The molecule has 1 unspecified atom stereocenters. The van der Waals surface area contributed by atoms with Crippen LogP contribution >= 0.6 is 15.9 Å². The Kier molecular flexibility index (Phi) is 6.46. The average Bonchev–Trinajstić information content (AvgIpc) is 2.29. The van der Waals surface area contributed by atoms with E-state index in [0.29, 0.717) is 0 Å². The fourth-order valence-corrected chi connectivity index (χ4v) is 2.08. The van der Waals surface area contributed by atoms with Gasteiger partial charge in [0.05, 0.1) is 11.9 Å². The lowest BCUT2D eigenvalue weighted by molar-refractivity contribution is 0.473. The third-order valence-corrected chi connectivity index (χ3v) is 3.28. The minimum absolute atomic E-state index is 0.777. The Hall–Kier alpha value is -0.570. The van der Waals surface area contributed by atoms with Crippen molar-refractivity contribution in [1.82, 2.24) is 4.98 Å². The third kappa shape index (κ3) is 4.97. The largest absolute Gasteiger partial charge is 0.383 e. The van der Waals surface area contributed by atoms with Gasteiger partial charge in [-0.15, -0.1) is 0 Å². The number of nitrogens with one attached hydrogen (secondary N) is 1. The normalized spacial score (nSPS) is 12.4. The number of aromatic nitrogens is 1. The summed E-state index contributed by atoms with van der Waals surface area (Å²) < 4.78 is 1.03. The number of rotatable bonds is 7. The molecule has 1 aromatic rings. The standard InChI is InChI=1S/C13H21BrN2/c1-3-5-6-11(4-2)8-16-13-7-12(14)9-15-10-13/h7,9-11,16H,3-6,8H2,1-2H3. The molecule has 0 bridgehead atoms. The lowest BCUT2D eigenvalue weighted by Gasteiger charge is -2.15. The van der Waals surface area contributed by atoms with Crippen LogP contribution in [0.5, 0.6) is 0 Å². The first-order chi connectivity index (χ1) is 7.76. The maximum absolute atomic E-state index is 4.14. The lowest BCUT2D eigenvalue weighted by atomic mass is 9.99. The summed E-state index contributed by atoms with van der Waals surface area (Å²) in [6, 6.07) is 2.07. The number of hydrogen-bond acceptors (Lipinski definition) is 2. The first-order valence-corrected chi connectivity index (χ1v) is 6.90. The Morgan fingerprint density at radius 3 is 2.81 bits per heavy atom. The number of nitrogens with zero attached hydrogens (tertiary/aromatic N) is 1. The zero-order valence-electron chi connectivity index (χ0n) is 10.2. The monoisotopic (exact) mass is 284 g/mol. The smallest absolute Gasteiger partial charge is 0.0538 e. The summed E-state index contributed by atoms with van der Waals surface area (Å²) in [5.74, 6) is 0.777. The van der Waals surface area contributed by atoms with Crippen molar-refractivity contribution >= 4 is 21.6 Å². The molecule has 1 heterocycles. The van der Waals surface area contributed by atoms with Gasteiger partial charge in [-0.3, -0.25) is 4.98 Å². The van der Waals surface area contributed by atoms with Crippen LogP contribution in [0.15, 0.2) is 22.9 Å². The van der Waals surface area contributed by atoms with Gasteiger partial charge in [0, 0.05) is 17.2 Å². The Labute approximate surface area is 107 Å². The van der Waals surface area contributed by atoms with Gasteiger partial charge in [0.1, 0.15) is 0 Å². The molecule has 3 heteroatoms. The van der Waals surface area contributed by atoms with Crippen LogP contribution in [0, 0.1) is 5.92 Å². The molecule has 0 aliphatic rings. The maximum atomic E-state index is 4.14. The number of unbranched alkanes of at least 4 members (excludes halogenated alkanes) is 1. The van der Waals surface area contributed by atoms with Crippen molar-refractivity contribution in [3.63, 3.8) is 0 Å². The molecular weight excluding hydrogens is 264 g/mol. The number of anilines is 1. The summed E-state index contributed by atoms with van der Waals surface area (Å²) in [7, 11) is 0. The van der Waals surface area contributed by atoms with Crippen molar-refractivity contribution in [2.45, 2.75) is 39.5 Å². The van der Waals surface area contributed by atoms with E-state index < -0.39 is 0 Å². The second-order valence-corrected chi connectivity index (χ2v) is 5.10. The van der Waals surface area contributed by atoms with Crippen LogP contribution < -0.4 is 5.32 Å². The lowest BCUT2D eigenvalue weighted by Crippen LogP contribution is -2.13. The predicted octanol–water partition coefficient (Wildman–Crippen LogP) is 4.47. The maximum Gasteiger partial charge on any atom is 0.0538 e. The third-order valence-electron chi connectivity index (χ3n) is 2.84. The van der Waals surface area contributed by atoms with Gasteiger partial charge < -0.3 is 5.32 Å². The average molecular weight is 285 g/mol. The van der Waals surface area contributed by atoms with Crippen LogP contribution in [-0.4, -0.2) is 11.5 Å². The molecule has 0 radical (unpaired) electrons. The van der Waals surface area contributed by atoms with Gasteiger partial charge in [0.15, 0.2) is 0 Å². The van der Waals surface area contributed by atoms with E-state index in [9.17, 15) is 0 Å². The van der Waals surface area contributed by atoms with Gasteiger partial charge in [-0.05, 0) is 34.3 Å². The minimum atomic E-state index is 0.777. The van der Waals surface area contributed by atoms with Crippen LogP contribution in [0.4, 0.5) is 5.69 Å². The van der Waals surface area contributed by atoms with E-state index in [1.165, 1.54) is 25.7 Å². The fourth-order valence-electron chi connectivity index (χ4n) is 1.71. The summed E-state index contributed by atoms with van der Waals surface area (Å²) in [6.45, 7) is 5.56. The van der Waals surface area contributed by atoms with E-state index in [1.54, 1.807) is 6.20 Å². The van der Waals surface area contributed by atoms with E-state index in [-0.39, 0.29) is 0 Å². The summed E-state index contributed by atoms with van der Waals surface area (Å²) in [5.41, 5.74) is 1.10. The minimum Gasteiger partial charge on any atom is -0.383 e. The molecular formula is C13H21BrN2. The highest BCUT2D eigenvalue weighted by Gasteiger charge is 2.05. The molecule has 90 valence electrons. The van der Waals surface area contributed by atoms with E-state index in [4.69, 9.17) is 0 Å². The Balaban J connectivity index is 2.37. The van der Waals surface area contributed by atoms with Crippen LogP contribution in [0.1, 0.15) is 39.5 Å². The molecule has 0 saturated carbocycles. The topological polar surface area (TPSA) is 24.9 Å². The zero-order chi connectivity index (χ0) is 11.8. The molecule has 0 amide bonds. The molecule has 0 aromatic carbocycles. The SMILES string of the molecule is CCCCC(CC)CNc1cncc(Br)c1. The first kappa shape index (κ1) is 13.5. The number of pyridine rings is 1. The molecule has 0 saturated heterocycles. The highest BCUT2D eigenvalue weighted by Crippen LogP contribution is 2.16. The molecule has 0 spiro atoms. The Morgan fingerprint density at radius 2 is 2.19 bits per heavy atom. The van der Waals surface area contributed by atoms with Gasteiger partial charge >= 0.3 is 0 Å². The molecule has 1 N–H and O–H groups in total. The molecule has 0 aliphatic heterocycles. The fraction of sp³-hybridized carbons (Fsp3) is 0.615. The molecule has 16 heavy (non-hydrogen) atoms. The quantitative estimate of drug-likeness (QED) is 0.799. The van der Waals surface area contributed by atoms with Gasteiger partial charge in [0.25, 0.3) is 0 Å². The predicted molar refractivity (Wildman–Crippen MR) is 73.7 cm³/mol. The van der Waals surface area contributed by atoms with Crippen molar-refractivity contribution in [3.8, 4) is 0 Å². The van der Waals surface area contributed by atoms with Crippen molar-refractivity contribution < 1.29 is 0 Å². The van der Waals surface area contributed by atoms with Crippen LogP contribution in [-0.2, 0) is 0 Å². The van der Waals surface area contributed by atoms with Gasteiger partial charge in [-0.25, -0.2) is 0 Å². The Morgan fingerprint density at radius 1 is 1.38 bits per heavy atom. The molecule has 1 atom stereocenters. The molecule has 0 fully saturated rings. The van der Waals surface area contributed by atoms with Crippen LogP contribution in [0.3, 0.4) is 0 Å². The van der Waals surface area contributed by atoms with Crippen molar-refractivity contribution in [2.75, 3.05) is 11.9 Å². The van der Waals surface area contributed by atoms with Crippen LogP contribution in [0.25, 0.3) is 0 Å². The van der Waals surface area contributed by atoms with E-state index >= 15 is 0 Å². The summed E-state index contributed by atoms with van der Waals surface area (Å²) in [5, 5.41) is 3.45. The molecule has 1 rings (SSSR count). The summed E-state index contributed by atoms with van der Waals surface area (Å²) in [4.78, 5) is 4.14. The highest BCUT2D eigenvalue weighted by atomic mass is 79.9. The van der Waals surface area contributed by atoms with Crippen LogP contribution in [0.2, 0.25) is 0 Å². The first-order valence-electron chi connectivity index (χ1n) is 6.10. The van der Waals surface area contributed by atoms with Crippen molar-refractivity contribution in [3.05, 3.63) is 22.9 Å². The second kappa shape index (κ2) is 7.66. The zero-order valence-corrected chi connectivity index (χ0v) is 11.8. The molecule has 0 aliphatic carbocycles. The van der Waals surface area contributed by atoms with Crippen molar-refractivity contribution in [1.29, 1.82) is 0 Å². The van der Waals surface area contributed by atoms with E-state index in [2.05, 4.69) is 46.1 Å². The number of halogens is 1. The van der Waals surface area contributed by atoms with Gasteiger partial charge in [0.2, 0.25) is 0 Å². The second-order valence-electron chi connectivity index (χ2n) is 4.19. The van der Waals surface area contributed by atoms with Gasteiger partial charge in [-0.1, -0.05) is 33.1 Å². The molecule has 1 aromatic heterocycles. The van der Waals surface area contributed by atoms with E-state index in [1.807, 2.05) is 6.20 Å².